The Morgan fingerprint density at radius 3 is 2.31 bits per heavy atom. The molecule has 0 atom stereocenters. The van der Waals surface area contributed by atoms with E-state index in [1.807, 2.05) is 42.5 Å². The highest BCUT2D eigenvalue weighted by molar-refractivity contribution is 9.10. The van der Waals surface area contributed by atoms with Gasteiger partial charge in [0, 0.05) is 41.6 Å². The van der Waals surface area contributed by atoms with Gasteiger partial charge in [-0.05, 0) is 29.8 Å². The van der Waals surface area contributed by atoms with Gasteiger partial charge in [0.25, 0.3) is 5.91 Å². The lowest BCUT2D eigenvalue weighted by Crippen LogP contribution is -2.50. The zero-order valence-corrected chi connectivity index (χ0v) is 16.5. The maximum Gasteiger partial charge on any atom is 0.253 e. The number of benzene rings is 2. The van der Waals surface area contributed by atoms with Crippen LogP contribution < -0.4 is 0 Å². The molecule has 26 heavy (non-hydrogen) atoms. The number of sulfonamides is 1. The highest BCUT2D eigenvalue weighted by Gasteiger charge is 2.27. The standard InChI is InChI=1S/C19H19BrN2O3S/c20-18-8-4-7-17(15-18)19(23)21-10-12-22(13-11-21)26(24,25)14-9-16-5-2-1-3-6-16/h1-9,14-15H,10-13H2/b14-9+. The van der Waals surface area contributed by atoms with E-state index in [4.69, 9.17) is 0 Å². The quantitative estimate of drug-likeness (QED) is 0.741. The summed E-state index contributed by atoms with van der Waals surface area (Å²) in [7, 11) is -3.49. The van der Waals surface area contributed by atoms with Gasteiger partial charge < -0.3 is 4.90 Å². The van der Waals surface area contributed by atoms with E-state index in [2.05, 4.69) is 15.9 Å². The molecule has 0 aromatic heterocycles. The predicted octanol–water partition coefficient (Wildman–Crippen LogP) is 3.21. The van der Waals surface area contributed by atoms with Crippen molar-refractivity contribution in [3.63, 3.8) is 0 Å². The summed E-state index contributed by atoms with van der Waals surface area (Å²) in [6.07, 6.45) is 1.59. The first-order chi connectivity index (χ1) is 12.5. The topological polar surface area (TPSA) is 57.7 Å². The fourth-order valence-electron chi connectivity index (χ4n) is 2.76. The SMILES string of the molecule is O=C(c1cccc(Br)c1)N1CCN(S(=O)(=O)/C=C/c2ccccc2)CC1. The second-order valence-corrected chi connectivity index (χ2v) is 8.69. The van der Waals surface area contributed by atoms with Crippen molar-refractivity contribution in [3.8, 4) is 0 Å². The van der Waals surface area contributed by atoms with E-state index in [0.29, 0.717) is 31.7 Å². The lowest BCUT2D eigenvalue weighted by Gasteiger charge is -2.33. The van der Waals surface area contributed by atoms with Gasteiger partial charge in [0.05, 0.1) is 0 Å². The van der Waals surface area contributed by atoms with E-state index in [1.165, 1.54) is 9.71 Å². The number of carbonyl (C=O) groups is 1. The molecular formula is C19H19BrN2O3S. The third-order valence-corrected chi connectivity index (χ3v) is 6.25. The van der Waals surface area contributed by atoms with E-state index in [9.17, 15) is 13.2 Å². The predicted molar refractivity (Wildman–Crippen MR) is 106 cm³/mol. The molecule has 1 fully saturated rings. The first-order valence-electron chi connectivity index (χ1n) is 8.24. The second kappa shape index (κ2) is 8.16. The van der Waals surface area contributed by atoms with Gasteiger partial charge >= 0.3 is 0 Å². The highest BCUT2D eigenvalue weighted by Crippen LogP contribution is 2.16. The van der Waals surface area contributed by atoms with Crippen molar-refractivity contribution in [1.29, 1.82) is 0 Å². The number of rotatable bonds is 4. The van der Waals surface area contributed by atoms with E-state index < -0.39 is 10.0 Å². The van der Waals surface area contributed by atoms with Gasteiger partial charge in [-0.1, -0.05) is 52.3 Å². The molecule has 1 aliphatic rings. The number of carbonyl (C=O) groups excluding carboxylic acids is 1. The van der Waals surface area contributed by atoms with Gasteiger partial charge in [-0.15, -0.1) is 0 Å². The van der Waals surface area contributed by atoms with E-state index in [1.54, 1.807) is 23.1 Å². The third-order valence-electron chi connectivity index (χ3n) is 4.19. The maximum atomic E-state index is 12.5. The summed E-state index contributed by atoms with van der Waals surface area (Å²) in [5, 5.41) is 1.23. The fourth-order valence-corrected chi connectivity index (χ4v) is 4.34. The Labute approximate surface area is 162 Å². The van der Waals surface area contributed by atoms with Crippen molar-refractivity contribution in [2.24, 2.45) is 0 Å². The Bertz CT molecular complexity index is 905. The molecule has 0 bridgehead atoms. The summed E-state index contributed by atoms with van der Waals surface area (Å²) in [6, 6.07) is 16.5. The Kier molecular flexibility index (Phi) is 5.90. The van der Waals surface area contributed by atoms with Gasteiger partial charge in [-0.3, -0.25) is 4.79 Å². The smallest absolute Gasteiger partial charge is 0.253 e. The van der Waals surface area contributed by atoms with Crippen LogP contribution >= 0.6 is 15.9 Å². The molecule has 1 heterocycles. The Hall–Kier alpha value is -1.96. The number of piperazine rings is 1. The highest BCUT2D eigenvalue weighted by atomic mass is 79.9. The summed E-state index contributed by atoms with van der Waals surface area (Å²) in [5.74, 6) is -0.0804. The molecule has 1 amide bonds. The van der Waals surface area contributed by atoms with E-state index in [-0.39, 0.29) is 5.91 Å². The van der Waals surface area contributed by atoms with Crippen molar-refractivity contribution in [2.45, 2.75) is 0 Å². The minimum Gasteiger partial charge on any atom is -0.336 e. The summed E-state index contributed by atoms with van der Waals surface area (Å²) in [4.78, 5) is 14.2. The Balaban J connectivity index is 1.62. The van der Waals surface area contributed by atoms with Gasteiger partial charge in [-0.2, -0.15) is 4.31 Å². The number of nitrogens with zero attached hydrogens (tertiary/aromatic N) is 2. The lowest BCUT2D eigenvalue weighted by molar-refractivity contribution is 0.0698. The normalized spacial score (nSPS) is 16.1. The van der Waals surface area contributed by atoms with Crippen molar-refractivity contribution in [3.05, 3.63) is 75.6 Å². The molecule has 2 aromatic rings. The van der Waals surface area contributed by atoms with Crippen LogP contribution in [0.15, 0.2) is 64.5 Å². The van der Waals surface area contributed by atoms with Crippen LogP contribution in [0.4, 0.5) is 0 Å². The van der Waals surface area contributed by atoms with E-state index in [0.717, 1.165) is 10.0 Å². The zero-order chi connectivity index (χ0) is 18.6. The van der Waals surface area contributed by atoms with E-state index >= 15 is 0 Å². The average Bonchev–Trinajstić information content (AvgIpc) is 2.67. The minimum absolute atomic E-state index is 0.0804. The van der Waals surface area contributed by atoms with Gasteiger partial charge in [-0.25, -0.2) is 8.42 Å². The Morgan fingerprint density at radius 1 is 0.962 bits per heavy atom. The average molecular weight is 435 g/mol. The number of hydrogen-bond donors (Lipinski definition) is 0. The summed E-state index contributed by atoms with van der Waals surface area (Å²) < 4.78 is 27.2. The van der Waals surface area contributed by atoms with Crippen LogP contribution in [0.3, 0.4) is 0 Å². The Morgan fingerprint density at radius 2 is 1.65 bits per heavy atom. The first kappa shape index (κ1) is 18.8. The molecule has 3 rings (SSSR count). The molecule has 0 spiro atoms. The first-order valence-corrected chi connectivity index (χ1v) is 10.5. The van der Waals surface area contributed by atoms with Gasteiger partial charge in [0.15, 0.2) is 0 Å². The second-order valence-electron chi connectivity index (χ2n) is 5.96. The number of hydrogen-bond acceptors (Lipinski definition) is 3. The summed E-state index contributed by atoms with van der Waals surface area (Å²) in [6.45, 7) is 1.34. The molecule has 0 aliphatic carbocycles. The van der Waals surface area contributed by atoms with Crippen molar-refractivity contribution >= 4 is 37.9 Å². The van der Waals surface area contributed by atoms with Crippen LogP contribution in [-0.4, -0.2) is 49.7 Å². The number of halogens is 1. The third kappa shape index (κ3) is 4.60. The molecule has 0 N–H and O–H groups in total. The van der Waals surface area contributed by atoms with Crippen LogP contribution in [0.5, 0.6) is 0 Å². The summed E-state index contributed by atoms with van der Waals surface area (Å²) >= 11 is 3.36. The molecule has 1 saturated heterocycles. The molecule has 1 aliphatic heterocycles. The molecule has 5 nitrogen and oxygen atoms in total. The fraction of sp³-hybridized carbons (Fsp3) is 0.211. The zero-order valence-electron chi connectivity index (χ0n) is 14.1. The molecule has 2 aromatic carbocycles. The van der Waals surface area contributed by atoms with Gasteiger partial charge in [0.2, 0.25) is 10.0 Å². The van der Waals surface area contributed by atoms with Crippen LogP contribution in [0.2, 0.25) is 0 Å². The van der Waals surface area contributed by atoms with Gasteiger partial charge in [0.1, 0.15) is 0 Å². The monoisotopic (exact) mass is 434 g/mol. The van der Waals surface area contributed by atoms with Crippen LogP contribution in [0, 0.1) is 0 Å². The largest absolute Gasteiger partial charge is 0.336 e. The molecule has 136 valence electrons. The molecule has 0 unspecified atom stereocenters. The van der Waals surface area contributed by atoms with Crippen molar-refractivity contribution < 1.29 is 13.2 Å². The van der Waals surface area contributed by atoms with Crippen LogP contribution in [0.1, 0.15) is 15.9 Å². The molecule has 7 heteroatoms. The summed E-state index contributed by atoms with van der Waals surface area (Å²) in [5.41, 5.74) is 1.43. The number of amides is 1. The molecular weight excluding hydrogens is 416 g/mol. The van der Waals surface area contributed by atoms with Crippen molar-refractivity contribution in [1.82, 2.24) is 9.21 Å². The lowest BCUT2D eigenvalue weighted by atomic mass is 10.2. The molecule has 0 saturated carbocycles. The molecule has 0 radical (unpaired) electrons. The maximum absolute atomic E-state index is 12.5. The minimum atomic E-state index is -3.49. The van der Waals surface area contributed by atoms with Crippen LogP contribution in [0.25, 0.3) is 6.08 Å². The van der Waals surface area contributed by atoms with Crippen LogP contribution in [-0.2, 0) is 10.0 Å². The van der Waals surface area contributed by atoms with Crippen molar-refractivity contribution in [2.75, 3.05) is 26.2 Å².